The molecule has 0 unspecified atom stereocenters. The van der Waals surface area contributed by atoms with Crippen molar-refractivity contribution in [2.24, 2.45) is 0 Å². The summed E-state index contributed by atoms with van der Waals surface area (Å²) in [7, 11) is 0. The number of halogens is 2. The third-order valence-corrected chi connectivity index (χ3v) is 5.67. The predicted molar refractivity (Wildman–Crippen MR) is 109 cm³/mol. The zero-order chi connectivity index (χ0) is 22.3. The van der Waals surface area contributed by atoms with Gasteiger partial charge in [0, 0.05) is 11.6 Å². The molecule has 8 heteroatoms. The molecule has 6 nitrogen and oxygen atoms in total. The maximum Gasteiger partial charge on any atom is 0.272 e. The Balaban J connectivity index is 1.79. The van der Waals surface area contributed by atoms with Crippen molar-refractivity contribution in [1.29, 1.82) is 0 Å². The molecule has 158 valence electrons. The molecule has 2 aliphatic rings. The fourth-order valence-electron chi connectivity index (χ4n) is 3.89. The topological polar surface area (TPSA) is 66.9 Å². The number of aryl methyl sites for hydroxylation is 1. The van der Waals surface area contributed by atoms with Gasteiger partial charge in [-0.2, -0.15) is 0 Å². The Hall–Kier alpha value is -3.73. The number of nitrogens with zero attached hydrogens (tertiary/aromatic N) is 2. The van der Waals surface area contributed by atoms with Crippen LogP contribution in [0.15, 0.2) is 30.3 Å². The van der Waals surface area contributed by atoms with Crippen molar-refractivity contribution < 1.29 is 27.9 Å². The van der Waals surface area contributed by atoms with Gasteiger partial charge in [-0.05, 0) is 56.0 Å². The average Bonchev–Trinajstić information content (AvgIpc) is 2.70. The van der Waals surface area contributed by atoms with Gasteiger partial charge in [0.05, 0.1) is 17.9 Å². The lowest BCUT2D eigenvalue weighted by Crippen LogP contribution is -2.60. The number of benzene rings is 2. The van der Waals surface area contributed by atoms with E-state index in [-0.39, 0.29) is 47.1 Å². The summed E-state index contributed by atoms with van der Waals surface area (Å²) in [6.45, 7) is 1.43. The summed E-state index contributed by atoms with van der Waals surface area (Å²) >= 11 is 0. The minimum atomic E-state index is -1.05. The summed E-state index contributed by atoms with van der Waals surface area (Å²) in [5.74, 6) is -0.0815. The van der Waals surface area contributed by atoms with E-state index in [0.29, 0.717) is 17.7 Å². The van der Waals surface area contributed by atoms with Crippen LogP contribution in [0.3, 0.4) is 0 Å². The zero-order valence-corrected chi connectivity index (χ0v) is 16.7. The fraction of sp³-hybridized carbons (Fsp3) is 0.261. The zero-order valence-electron chi connectivity index (χ0n) is 16.7. The summed E-state index contributed by atoms with van der Waals surface area (Å²) < 4.78 is 34.2. The quantitative estimate of drug-likeness (QED) is 0.558. The van der Waals surface area contributed by atoms with Crippen molar-refractivity contribution in [3.05, 3.63) is 53.1 Å². The van der Waals surface area contributed by atoms with Crippen LogP contribution in [0.4, 0.5) is 20.2 Å². The Morgan fingerprint density at radius 1 is 1.32 bits per heavy atom. The monoisotopic (exact) mass is 424 g/mol. The van der Waals surface area contributed by atoms with Gasteiger partial charge in [-0.3, -0.25) is 19.3 Å². The number of carbonyl (C=O) groups excluding carboxylic acids is 3. The Labute approximate surface area is 177 Å². The first-order chi connectivity index (χ1) is 14.8. The van der Waals surface area contributed by atoms with E-state index in [1.165, 1.54) is 24.0 Å². The second kappa shape index (κ2) is 7.51. The van der Waals surface area contributed by atoms with E-state index in [4.69, 9.17) is 11.2 Å². The predicted octanol–water partition coefficient (Wildman–Crippen LogP) is 3.36. The van der Waals surface area contributed by atoms with E-state index < -0.39 is 23.1 Å². The van der Waals surface area contributed by atoms with Crippen LogP contribution in [-0.4, -0.2) is 30.4 Å². The van der Waals surface area contributed by atoms with Crippen molar-refractivity contribution in [3.8, 4) is 18.1 Å². The Morgan fingerprint density at radius 3 is 2.65 bits per heavy atom. The number of imide groups is 1. The van der Waals surface area contributed by atoms with Crippen molar-refractivity contribution in [1.82, 2.24) is 0 Å². The molecule has 4 rings (SSSR count). The normalized spacial score (nSPS) is 16.1. The Bertz CT molecular complexity index is 1150. The number of ether oxygens (including phenoxy) is 1. The second-order valence-corrected chi connectivity index (χ2v) is 7.56. The number of rotatable bonds is 4. The van der Waals surface area contributed by atoms with Gasteiger partial charge in [0.25, 0.3) is 11.8 Å². The molecule has 1 aliphatic carbocycles. The number of hydrogen-bond acceptors (Lipinski definition) is 4. The molecule has 0 saturated heterocycles. The maximum atomic E-state index is 15.0. The average molecular weight is 424 g/mol. The number of hydrogen-bond donors (Lipinski definition) is 0. The van der Waals surface area contributed by atoms with E-state index in [1.54, 1.807) is 0 Å². The summed E-state index contributed by atoms with van der Waals surface area (Å²) in [4.78, 5) is 39.5. The highest BCUT2D eigenvalue weighted by Crippen LogP contribution is 2.48. The minimum Gasteiger partial charge on any atom is -0.475 e. The van der Waals surface area contributed by atoms with Gasteiger partial charge in [-0.15, -0.1) is 6.42 Å². The van der Waals surface area contributed by atoms with Crippen LogP contribution < -0.4 is 14.5 Å². The van der Waals surface area contributed by atoms with Crippen LogP contribution >= 0.6 is 0 Å². The van der Waals surface area contributed by atoms with Crippen LogP contribution in [0.1, 0.15) is 35.2 Å². The molecule has 2 aromatic carbocycles. The first kappa shape index (κ1) is 20.5. The molecule has 3 amide bonds. The fourth-order valence-corrected chi connectivity index (χ4v) is 3.89. The Kier molecular flexibility index (Phi) is 4.97. The highest BCUT2D eigenvalue weighted by Gasteiger charge is 2.52. The number of fused-ring (bicyclic) bond motifs is 1. The van der Waals surface area contributed by atoms with Crippen molar-refractivity contribution in [2.75, 3.05) is 16.3 Å². The summed E-state index contributed by atoms with van der Waals surface area (Å²) in [5, 5.41) is 0. The van der Waals surface area contributed by atoms with Crippen LogP contribution in [0, 0.1) is 30.9 Å². The molecule has 31 heavy (non-hydrogen) atoms. The first-order valence-electron chi connectivity index (χ1n) is 9.64. The van der Waals surface area contributed by atoms with E-state index in [0.717, 1.165) is 24.6 Å². The lowest BCUT2D eigenvalue weighted by Gasteiger charge is -2.47. The standard InChI is InChI=1S/C23H18F2N2O4/c1-3-9-26-19-12-18(17(25)11-20(19)31-23(22(26)30)7-4-8-23)27(13-28)21(29)16-6-5-15(24)10-14(16)2/h1,5-6,10-13H,4,7-9H2,2H3. The molecule has 0 N–H and O–H groups in total. The molecular formula is C23H18F2N2O4. The van der Waals surface area contributed by atoms with Crippen LogP contribution in [-0.2, 0) is 9.59 Å². The molecule has 0 bridgehead atoms. The third-order valence-electron chi connectivity index (χ3n) is 5.67. The molecule has 1 aliphatic heterocycles. The number of terminal acetylenes is 1. The van der Waals surface area contributed by atoms with E-state index in [9.17, 15) is 18.8 Å². The van der Waals surface area contributed by atoms with Gasteiger partial charge in [-0.25, -0.2) is 13.7 Å². The molecule has 1 heterocycles. The number of carbonyl (C=O) groups is 3. The molecule has 0 atom stereocenters. The first-order valence-corrected chi connectivity index (χ1v) is 9.64. The van der Waals surface area contributed by atoms with Gasteiger partial charge in [-0.1, -0.05) is 5.92 Å². The molecular weight excluding hydrogens is 406 g/mol. The summed E-state index contributed by atoms with van der Waals surface area (Å²) in [6.07, 6.45) is 7.39. The maximum absolute atomic E-state index is 15.0. The van der Waals surface area contributed by atoms with Crippen LogP contribution in [0.25, 0.3) is 0 Å². The van der Waals surface area contributed by atoms with Crippen molar-refractivity contribution >= 4 is 29.6 Å². The van der Waals surface area contributed by atoms with E-state index in [1.807, 2.05) is 0 Å². The third kappa shape index (κ3) is 3.22. The molecule has 1 saturated carbocycles. The highest BCUT2D eigenvalue weighted by atomic mass is 19.1. The summed E-state index contributed by atoms with van der Waals surface area (Å²) in [5.41, 5.74) is -0.928. The molecule has 0 radical (unpaired) electrons. The van der Waals surface area contributed by atoms with E-state index >= 15 is 4.39 Å². The molecule has 2 aromatic rings. The lowest BCUT2D eigenvalue weighted by atomic mass is 9.77. The lowest BCUT2D eigenvalue weighted by molar-refractivity contribution is -0.143. The van der Waals surface area contributed by atoms with Crippen LogP contribution in [0.2, 0.25) is 0 Å². The smallest absolute Gasteiger partial charge is 0.272 e. The van der Waals surface area contributed by atoms with Gasteiger partial charge in [0.15, 0.2) is 11.4 Å². The minimum absolute atomic E-state index is 0.0341. The molecule has 1 fully saturated rings. The SMILES string of the molecule is C#CCN1C(=O)C2(CCC2)Oc2cc(F)c(N(C=O)C(=O)c3ccc(F)cc3C)cc21. The molecule has 1 spiro atoms. The molecule has 0 aromatic heterocycles. The number of anilines is 2. The van der Waals surface area contributed by atoms with Gasteiger partial charge in [0.2, 0.25) is 6.41 Å². The highest BCUT2D eigenvalue weighted by molar-refractivity contribution is 6.16. The van der Waals surface area contributed by atoms with Crippen molar-refractivity contribution in [3.63, 3.8) is 0 Å². The van der Waals surface area contributed by atoms with Crippen molar-refractivity contribution in [2.45, 2.75) is 31.8 Å². The largest absolute Gasteiger partial charge is 0.475 e. The summed E-state index contributed by atoms with van der Waals surface area (Å²) in [6, 6.07) is 5.67. The van der Waals surface area contributed by atoms with E-state index in [2.05, 4.69) is 5.92 Å². The second-order valence-electron chi connectivity index (χ2n) is 7.56. The Morgan fingerprint density at radius 2 is 2.06 bits per heavy atom. The van der Waals surface area contributed by atoms with Gasteiger partial charge < -0.3 is 4.74 Å². The van der Waals surface area contributed by atoms with Gasteiger partial charge in [0.1, 0.15) is 11.6 Å². The van der Waals surface area contributed by atoms with Crippen LogP contribution in [0.5, 0.6) is 5.75 Å². The van der Waals surface area contributed by atoms with Gasteiger partial charge >= 0.3 is 0 Å². The number of amides is 3.